The fourth-order valence-electron chi connectivity index (χ4n) is 1.90. The molecule has 0 spiro atoms. The van der Waals surface area contributed by atoms with Crippen molar-refractivity contribution in [3.63, 3.8) is 0 Å². The van der Waals surface area contributed by atoms with Crippen molar-refractivity contribution >= 4 is 29.0 Å². The van der Waals surface area contributed by atoms with E-state index >= 15 is 0 Å². The molecule has 1 aromatic carbocycles. The molecule has 0 radical (unpaired) electrons. The van der Waals surface area contributed by atoms with E-state index in [4.69, 9.17) is 0 Å². The fraction of sp³-hybridized carbons (Fsp3) is 0.188. The van der Waals surface area contributed by atoms with E-state index in [-0.39, 0.29) is 11.6 Å². The van der Waals surface area contributed by atoms with Crippen molar-refractivity contribution in [2.24, 2.45) is 0 Å². The molecule has 0 aliphatic rings. The zero-order valence-corrected chi connectivity index (χ0v) is 13.0. The molecule has 2 aromatic rings. The number of carbonyl (C=O) groups excluding carboxylic acids is 1. The van der Waals surface area contributed by atoms with Gasteiger partial charge in [0.05, 0.1) is 11.0 Å². The first-order valence-electron chi connectivity index (χ1n) is 6.97. The summed E-state index contributed by atoms with van der Waals surface area (Å²) in [6, 6.07) is 7.76. The molecule has 120 valence electrons. The number of hydrogen-bond acceptors (Lipinski definition) is 5. The molecule has 2 N–H and O–H groups in total. The van der Waals surface area contributed by atoms with Crippen LogP contribution in [0.5, 0.6) is 0 Å². The van der Waals surface area contributed by atoms with Gasteiger partial charge in [-0.25, -0.2) is 0 Å². The minimum Gasteiger partial charge on any atom is -0.388 e. The van der Waals surface area contributed by atoms with E-state index in [9.17, 15) is 20.0 Å². The molecule has 1 atom stereocenters. The molecular weight excluding hydrogens is 316 g/mol. The smallest absolute Gasteiger partial charge is 0.269 e. The highest BCUT2D eigenvalue weighted by atomic mass is 32.1. The molecule has 0 saturated heterocycles. The van der Waals surface area contributed by atoms with E-state index < -0.39 is 11.0 Å². The third-order valence-corrected chi connectivity index (χ3v) is 3.88. The van der Waals surface area contributed by atoms with Crippen molar-refractivity contribution in [2.45, 2.75) is 12.5 Å². The number of rotatable bonds is 7. The van der Waals surface area contributed by atoms with Crippen LogP contribution in [-0.4, -0.2) is 22.5 Å². The Morgan fingerprint density at radius 3 is 2.70 bits per heavy atom. The maximum atomic E-state index is 11.7. The fourth-order valence-corrected chi connectivity index (χ4v) is 2.61. The Morgan fingerprint density at radius 1 is 1.35 bits per heavy atom. The van der Waals surface area contributed by atoms with Crippen molar-refractivity contribution < 1.29 is 14.8 Å². The molecule has 0 aliphatic heterocycles. The number of aliphatic hydroxyl groups excluding tert-OH is 1. The second-order valence-electron chi connectivity index (χ2n) is 4.83. The highest BCUT2D eigenvalue weighted by Gasteiger charge is 2.07. The maximum absolute atomic E-state index is 11.7. The molecule has 1 heterocycles. The van der Waals surface area contributed by atoms with Crippen LogP contribution < -0.4 is 5.32 Å². The number of nitro benzene ring substituents is 1. The van der Waals surface area contributed by atoms with Gasteiger partial charge < -0.3 is 10.4 Å². The highest BCUT2D eigenvalue weighted by molar-refractivity contribution is 7.07. The Balaban J connectivity index is 1.76. The quantitative estimate of drug-likeness (QED) is 0.463. The largest absolute Gasteiger partial charge is 0.388 e. The summed E-state index contributed by atoms with van der Waals surface area (Å²) in [4.78, 5) is 21.7. The van der Waals surface area contributed by atoms with Crippen LogP contribution in [0.3, 0.4) is 0 Å². The summed E-state index contributed by atoms with van der Waals surface area (Å²) in [6.45, 7) is 0.362. The first-order valence-corrected chi connectivity index (χ1v) is 7.91. The zero-order chi connectivity index (χ0) is 16.7. The van der Waals surface area contributed by atoms with E-state index in [2.05, 4.69) is 5.32 Å². The van der Waals surface area contributed by atoms with Gasteiger partial charge in [-0.3, -0.25) is 14.9 Å². The molecule has 2 rings (SSSR count). The first kappa shape index (κ1) is 16.9. The van der Waals surface area contributed by atoms with E-state index in [0.29, 0.717) is 18.5 Å². The standard InChI is InChI=1S/C16H16N2O4S/c19-15(13-8-10-23-11-13)7-9-17-16(20)6-3-12-1-4-14(5-2-12)18(21)22/h1-6,8,10-11,15,19H,7,9H2,(H,17,20)/b6-3+. The number of non-ortho nitro benzene ring substituents is 1. The van der Waals surface area contributed by atoms with Crippen molar-refractivity contribution in [2.75, 3.05) is 6.54 Å². The molecule has 23 heavy (non-hydrogen) atoms. The Morgan fingerprint density at radius 2 is 2.09 bits per heavy atom. The average molecular weight is 332 g/mol. The normalized spacial score (nSPS) is 12.2. The van der Waals surface area contributed by atoms with Crippen LogP contribution >= 0.6 is 11.3 Å². The van der Waals surface area contributed by atoms with E-state index in [1.54, 1.807) is 18.2 Å². The van der Waals surface area contributed by atoms with Crippen LogP contribution in [0, 0.1) is 10.1 Å². The lowest BCUT2D eigenvalue weighted by molar-refractivity contribution is -0.384. The van der Waals surface area contributed by atoms with E-state index in [1.807, 2.05) is 16.8 Å². The summed E-state index contributed by atoms with van der Waals surface area (Å²) in [7, 11) is 0. The van der Waals surface area contributed by atoms with Gasteiger partial charge in [0.2, 0.25) is 5.91 Å². The topological polar surface area (TPSA) is 92.5 Å². The number of carbonyl (C=O) groups is 1. The third kappa shape index (κ3) is 5.32. The van der Waals surface area contributed by atoms with Gasteiger partial charge in [0.15, 0.2) is 0 Å². The number of benzene rings is 1. The summed E-state index contributed by atoms with van der Waals surface area (Å²) in [5, 5.41) is 26.9. The monoisotopic (exact) mass is 332 g/mol. The summed E-state index contributed by atoms with van der Waals surface area (Å²) < 4.78 is 0. The summed E-state index contributed by atoms with van der Waals surface area (Å²) in [6.07, 6.45) is 2.79. The van der Waals surface area contributed by atoms with Crippen molar-refractivity contribution in [1.82, 2.24) is 5.32 Å². The molecule has 1 unspecified atom stereocenters. The Hall–Kier alpha value is -2.51. The summed E-state index contributed by atoms with van der Waals surface area (Å²) in [5.74, 6) is -0.277. The lowest BCUT2D eigenvalue weighted by Gasteiger charge is -2.08. The summed E-state index contributed by atoms with van der Waals surface area (Å²) in [5.41, 5.74) is 1.56. The number of amides is 1. The maximum Gasteiger partial charge on any atom is 0.269 e. The number of aliphatic hydroxyl groups is 1. The van der Waals surface area contributed by atoms with Crippen LogP contribution in [-0.2, 0) is 4.79 Å². The van der Waals surface area contributed by atoms with Crippen LogP contribution in [0.15, 0.2) is 47.2 Å². The molecular formula is C16H16N2O4S. The van der Waals surface area contributed by atoms with Gasteiger partial charge in [-0.2, -0.15) is 11.3 Å². The minimum atomic E-state index is -0.583. The van der Waals surface area contributed by atoms with Gasteiger partial charge in [0, 0.05) is 24.8 Å². The number of nitrogens with one attached hydrogen (secondary N) is 1. The SMILES string of the molecule is O=C(/C=C/c1ccc([N+](=O)[O-])cc1)NCCC(O)c1ccsc1. The lowest BCUT2D eigenvalue weighted by Crippen LogP contribution is -2.23. The number of nitrogens with zero attached hydrogens (tertiary/aromatic N) is 1. The molecule has 1 aromatic heterocycles. The van der Waals surface area contributed by atoms with Crippen molar-refractivity contribution in [1.29, 1.82) is 0 Å². The van der Waals surface area contributed by atoms with Gasteiger partial charge in [-0.15, -0.1) is 0 Å². The minimum absolute atomic E-state index is 0.00835. The molecule has 0 bridgehead atoms. The summed E-state index contributed by atoms with van der Waals surface area (Å²) >= 11 is 1.52. The average Bonchev–Trinajstić information content (AvgIpc) is 3.07. The number of nitro groups is 1. The van der Waals surface area contributed by atoms with Gasteiger partial charge in [-0.1, -0.05) is 0 Å². The van der Waals surface area contributed by atoms with E-state index in [1.165, 1.54) is 29.5 Å². The van der Waals surface area contributed by atoms with Gasteiger partial charge in [0.25, 0.3) is 5.69 Å². The molecule has 0 fully saturated rings. The molecule has 0 saturated carbocycles. The number of hydrogen-bond donors (Lipinski definition) is 2. The Kier molecular flexibility index (Phi) is 6.02. The zero-order valence-electron chi connectivity index (χ0n) is 12.2. The first-order chi connectivity index (χ1) is 11.1. The molecule has 0 aliphatic carbocycles. The second kappa shape index (κ2) is 8.21. The van der Waals surface area contributed by atoms with Crippen molar-refractivity contribution in [3.05, 3.63) is 68.4 Å². The van der Waals surface area contributed by atoms with Crippen LogP contribution in [0.4, 0.5) is 5.69 Å². The van der Waals surface area contributed by atoms with Gasteiger partial charge in [0.1, 0.15) is 0 Å². The van der Waals surface area contributed by atoms with Crippen LogP contribution in [0.25, 0.3) is 6.08 Å². The Labute approximate surface area is 137 Å². The van der Waals surface area contributed by atoms with Crippen molar-refractivity contribution in [3.8, 4) is 0 Å². The van der Waals surface area contributed by atoms with Gasteiger partial charge >= 0.3 is 0 Å². The predicted octanol–water partition coefficient (Wildman–Crippen LogP) is 2.91. The third-order valence-electron chi connectivity index (χ3n) is 3.18. The lowest BCUT2D eigenvalue weighted by atomic mass is 10.1. The Bertz CT molecular complexity index is 681. The molecule has 6 nitrogen and oxygen atoms in total. The van der Waals surface area contributed by atoms with E-state index in [0.717, 1.165) is 5.56 Å². The highest BCUT2D eigenvalue weighted by Crippen LogP contribution is 2.18. The van der Waals surface area contributed by atoms with Crippen LogP contribution in [0.2, 0.25) is 0 Å². The second-order valence-corrected chi connectivity index (χ2v) is 5.61. The molecule has 7 heteroatoms. The number of thiophene rings is 1. The van der Waals surface area contributed by atoms with Gasteiger partial charge in [-0.05, 0) is 52.6 Å². The molecule has 1 amide bonds. The predicted molar refractivity (Wildman–Crippen MR) is 89.0 cm³/mol. The van der Waals surface area contributed by atoms with Crippen LogP contribution in [0.1, 0.15) is 23.7 Å².